The summed E-state index contributed by atoms with van der Waals surface area (Å²) in [5.74, 6) is 0.131. The molecular formula is C18H19BrN2O4. The Balaban J connectivity index is 1.58. The Labute approximate surface area is 154 Å². The van der Waals surface area contributed by atoms with Gasteiger partial charge in [0.1, 0.15) is 11.5 Å². The van der Waals surface area contributed by atoms with E-state index in [0.29, 0.717) is 19.0 Å². The second-order valence-corrected chi connectivity index (χ2v) is 6.82. The van der Waals surface area contributed by atoms with Crippen molar-refractivity contribution in [1.82, 2.24) is 5.43 Å². The lowest BCUT2D eigenvalue weighted by molar-refractivity contribution is -0.159. The predicted octanol–water partition coefficient (Wildman–Crippen LogP) is 3.62. The molecule has 3 rings (SSSR count). The summed E-state index contributed by atoms with van der Waals surface area (Å²) >= 11 is 3.51. The van der Waals surface area contributed by atoms with E-state index in [9.17, 15) is 4.79 Å². The summed E-state index contributed by atoms with van der Waals surface area (Å²) in [7, 11) is 0. The molecular weight excluding hydrogens is 388 g/mol. The molecule has 132 valence electrons. The molecule has 0 atom stereocenters. The summed E-state index contributed by atoms with van der Waals surface area (Å²) in [6.45, 7) is 4.76. The zero-order chi connectivity index (χ0) is 17.9. The van der Waals surface area contributed by atoms with Crippen LogP contribution in [0.3, 0.4) is 0 Å². The van der Waals surface area contributed by atoms with Crippen LogP contribution < -0.4 is 5.43 Å². The molecule has 2 aromatic rings. The number of carbonyl (C=O) groups excluding carboxylic acids is 1. The van der Waals surface area contributed by atoms with E-state index in [-0.39, 0.29) is 12.3 Å². The molecule has 1 N–H and O–H groups in total. The van der Waals surface area contributed by atoms with Crippen LogP contribution in [0.25, 0.3) is 11.3 Å². The van der Waals surface area contributed by atoms with E-state index < -0.39 is 5.79 Å². The quantitative estimate of drug-likeness (QED) is 0.607. The maximum atomic E-state index is 11.9. The summed E-state index contributed by atoms with van der Waals surface area (Å²) < 4.78 is 17.5. The van der Waals surface area contributed by atoms with Crippen molar-refractivity contribution < 1.29 is 18.7 Å². The van der Waals surface area contributed by atoms with Crippen molar-refractivity contribution in [3.63, 3.8) is 0 Å². The average molecular weight is 407 g/mol. The number of carbonyl (C=O) groups is 1. The van der Waals surface area contributed by atoms with Crippen LogP contribution in [0.4, 0.5) is 0 Å². The third-order valence-electron chi connectivity index (χ3n) is 3.84. The van der Waals surface area contributed by atoms with Crippen molar-refractivity contribution in [2.24, 2.45) is 5.10 Å². The fourth-order valence-corrected chi connectivity index (χ4v) is 2.86. The van der Waals surface area contributed by atoms with Crippen LogP contribution in [0.1, 0.15) is 24.7 Å². The van der Waals surface area contributed by atoms with Crippen molar-refractivity contribution in [1.29, 1.82) is 0 Å². The van der Waals surface area contributed by atoms with Crippen LogP contribution in [0.2, 0.25) is 0 Å². The number of hydrogen-bond acceptors (Lipinski definition) is 5. The van der Waals surface area contributed by atoms with Crippen molar-refractivity contribution in [2.45, 2.75) is 26.1 Å². The first-order valence-corrected chi connectivity index (χ1v) is 8.71. The van der Waals surface area contributed by atoms with Gasteiger partial charge in [0.2, 0.25) is 5.91 Å². The van der Waals surface area contributed by atoms with Gasteiger partial charge in [0.05, 0.1) is 25.8 Å². The molecule has 6 nitrogen and oxygen atoms in total. The number of hydrazone groups is 1. The van der Waals surface area contributed by atoms with E-state index in [1.807, 2.05) is 31.2 Å². The highest BCUT2D eigenvalue weighted by atomic mass is 79.9. The van der Waals surface area contributed by atoms with Crippen LogP contribution in [0.5, 0.6) is 0 Å². The Bertz CT molecular complexity index is 794. The Morgan fingerprint density at radius 3 is 2.80 bits per heavy atom. The van der Waals surface area contributed by atoms with Gasteiger partial charge in [-0.1, -0.05) is 28.1 Å². The van der Waals surface area contributed by atoms with E-state index in [2.05, 4.69) is 26.5 Å². The Morgan fingerprint density at radius 1 is 1.32 bits per heavy atom. The number of amides is 1. The lowest BCUT2D eigenvalue weighted by atomic mass is 10.1. The van der Waals surface area contributed by atoms with E-state index in [1.54, 1.807) is 13.0 Å². The second-order valence-electron chi connectivity index (χ2n) is 5.97. The number of nitrogens with zero attached hydrogens (tertiary/aromatic N) is 1. The van der Waals surface area contributed by atoms with Crippen molar-refractivity contribution in [3.05, 3.63) is 46.1 Å². The van der Waals surface area contributed by atoms with Gasteiger partial charge < -0.3 is 13.9 Å². The number of halogens is 1. The fourth-order valence-electron chi connectivity index (χ4n) is 2.48. The third kappa shape index (κ3) is 4.56. The van der Waals surface area contributed by atoms with Crippen molar-refractivity contribution in [3.8, 4) is 11.3 Å². The molecule has 1 aromatic carbocycles. The second kappa shape index (κ2) is 7.51. The fraction of sp³-hybridized carbons (Fsp3) is 0.333. The highest BCUT2D eigenvalue weighted by Gasteiger charge is 2.33. The summed E-state index contributed by atoms with van der Waals surface area (Å²) in [6, 6.07) is 9.66. The third-order valence-corrected chi connectivity index (χ3v) is 4.70. The van der Waals surface area contributed by atoms with Crippen LogP contribution in [0, 0.1) is 6.92 Å². The van der Waals surface area contributed by atoms with Gasteiger partial charge in [-0.2, -0.15) is 5.10 Å². The van der Waals surface area contributed by atoms with Gasteiger partial charge in [-0.3, -0.25) is 4.79 Å². The van der Waals surface area contributed by atoms with Crippen molar-refractivity contribution >= 4 is 28.1 Å². The topological polar surface area (TPSA) is 73.1 Å². The lowest BCUT2D eigenvalue weighted by Crippen LogP contribution is -2.33. The first-order valence-electron chi connectivity index (χ1n) is 7.91. The molecule has 7 heteroatoms. The number of nitrogens with one attached hydrogen (secondary N) is 1. The molecule has 1 aliphatic heterocycles. The molecule has 0 bridgehead atoms. The van der Waals surface area contributed by atoms with Crippen LogP contribution >= 0.6 is 15.9 Å². The number of benzene rings is 1. The molecule has 1 saturated heterocycles. The molecule has 1 aromatic heterocycles. The highest BCUT2D eigenvalue weighted by molar-refractivity contribution is 9.10. The molecule has 0 radical (unpaired) electrons. The Morgan fingerprint density at radius 2 is 2.08 bits per heavy atom. The summed E-state index contributed by atoms with van der Waals surface area (Å²) in [4.78, 5) is 11.9. The first-order chi connectivity index (χ1) is 12.0. The minimum absolute atomic E-state index is 0.0884. The van der Waals surface area contributed by atoms with Gasteiger partial charge in [-0.05, 0) is 37.6 Å². The number of hydrogen-bond donors (Lipinski definition) is 1. The highest BCUT2D eigenvalue weighted by Crippen LogP contribution is 2.27. The number of ether oxygens (including phenoxy) is 2. The van der Waals surface area contributed by atoms with E-state index in [0.717, 1.165) is 21.4 Å². The molecule has 1 fully saturated rings. The smallest absolute Gasteiger partial charge is 0.245 e. The van der Waals surface area contributed by atoms with Crippen LogP contribution in [0.15, 0.2) is 44.3 Å². The zero-order valence-corrected chi connectivity index (χ0v) is 15.6. The molecule has 1 aliphatic rings. The molecule has 2 heterocycles. The van der Waals surface area contributed by atoms with E-state index in [1.165, 1.54) is 6.21 Å². The first kappa shape index (κ1) is 17.8. The van der Waals surface area contributed by atoms with Gasteiger partial charge in [0.25, 0.3) is 0 Å². The molecule has 0 aliphatic carbocycles. The minimum atomic E-state index is -0.865. The van der Waals surface area contributed by atoms with Crippen LogP contribution in [-0.4, -0.2) is 31.1 Å². The standard InChI is InChI=1S/C18H19BrN2O4/c1-12-3-4-13(9-15(12)19)16-6-5-14(25-16)11-20-21-17(22)10-18(2)23-7-8-24-18/h3-6,9,11H,7-8,10H2,1-2H3,(H,21,22)/b20-11+. The molecule has 0 unspecified atom stereocenters. The number of rotatable bonds is 5. The minimum Gasteiger partial charge on any atom is -0.455 e. The van der Waals surface area contributed by atoms with E-state index in [4.69, 9.17) is 13.9 Å². The van der Waals surface area contributed by atoms with Crippen molar-refractivity contribution in [2.75, 3.05) is 13.2 Å². The Hall–Kier alpha value is -1.96. The maximum Gasteiger partial charge on any atom is 0.245 e. The monoisotopic (exact) mass is 406 g/mol. The summed E-state index contributed by atoms with van der Waals surface area (Å²) in [5, 5.41) is 3.91. The van der Waals surface area contributed by atoms with Crippen LogP contribution in [-0.2, 0) is 14.3 Å². The van der Waals surface area contributed by atoms with Gasteiger partial charge in [0, 0.05) is 10.0 Å². The lowest BCUT2D eigenvalue weighted by Gasteiger charge is -2.20. The maximum absolute atomic E-state index is 11.9. The summed E-state index contributed by atoms with van der Waals surface area (Å²) in [5.41, 5.74) is 4.57. The largest absolute Gasteiger partial charge is 0.455 e. The van der Waals surface area contributed by atoms with Gasteiger partial charge in [-0.15, -0.1) is 0 Å². The Kier molecular flexibility index (Phi) is 5.36. The average Bonchev–Trinajstić information content (AvgIpc) is 3.19. The SMILES string of the molecule is Cc1ccc(-c2ccc(/C=N/NC(=O)CC3(C)OCCO3)o2)cc1Br. The van der Waals surface area contributed by atoms with Gasteiger partial charge in [0.15, 0.2) is 5.79 Å². The van der Waals surface area contributed by atoms with E-state index >= 15 is 0 Å². The summed E-state index contributed by atoms with van der Waals surface area (Å²) in [6.07, 6.45) is 1.55. The van der Waals surface area contributed by atoms with Gasteiger partial charge in [-0.25, -0.2) is 5.43 Å². The molecule has 25 heavy (non-hydrogen) atoms. The molecule has 0 spiro atoms. The molecule has 1 amide bonds. The molecule has 0 saturated carbocycles. The number of furan rings is 1. The number of aryl methyl sites for hydroxylation is 1. The zero-order valence-electron chi connectivity index (χ0n) is 14.0. The van der Waals surface area contributed by atoms with Gasteiger partial charge >= 0.3 is 0 Å². The normalized spacial score (nSPS) is 16.4. The predicted molar refractivity (Wildman–Crippen MR) is 97.2 cm³/mol.